The molecule has 1 aromatic carbocycles. The third-order valence-electron chi connectivity index (χ3n) is 3.46. The standard InChI is InChI=1S/C15H21BrN2O/c1-11-7-12(2)9-18(8-11)10-15(19)17-14-6-4-3-5-13(14)16/h3-6,11-12H,7-10H2,1-2H3,(H,17,19). The molecule has 1 fully saturated rings. The molecule has 0 aromatic heterocycles. The van der Waals surface area contributed by atoms with Crippen LogP contribution in [0.4, 0.5) is 5.69 Å². The number of carbonyl (C=O) groups is 1. The zero-order chi connectivity index (χ0) is 13.8. The molecule has 1 amide bonds. The van der Waals surface area contributed by atoms with Crippen molar-refractivity contribution in [3.05, 3.63) is 28.7 Å². The highest BCUT2D eigenvalue weighted by Gasteiger charge is 2.23. The van der Waals surface area contributed by atoms with Gasteiger partial charge in [0.1, 0.15) is 0 Å². The molecule has 1 N–H and O–H groups in total. The van der Waals surface area contributed by atoms with Gasteiger partial charge in [0.25, 0.3) is 0 Å². The molecule has 4 heteroatoms. The van der Waals surface area contributed by atoms with Gasteiger partial charge in [0.15, 0.2) is 0 Å². The van der Waals surface area contributed by atoms with Crippen molar-refractivity contribution in [3.8, 4) is 0 Å². The van der Waals surface area contributed by atoms with E-state index >= 15 is 0 Å². The second-order valence-electron chi connectivity index (χ2n) is 5.67. The topological polar surface area (TPSA) is 32.3 Å². The maximum atomic E-state index is 12.1. The number of carbonyl (C=O) groups excluding carboxylic acids is 1. The summed E-state index contributed by atoms with van der Waals surface area (Å²) in [4.78, 5) is 14.3. The zero-order valence-electron chi connectivity index (χ0n) is 11.5. The van der Waals surface area contributed by atoms with E-state index in [0.29, 0.717) is 18.4 Å². The van der Waals surface area contributed by atoms with Crippen molar-refractivity contribution in [3.63, 3.8) is 0 Å². The lowest BCUT2D eigenvalue weighted by atomic mass is 9.92. The number of likely N-dealkylation sites (tertiary alicyclic amines) is 1. The van der Waals surface area contributed by atoms with E-state index in [0.717, 1.165) is 23.2 Å². The van der Waals surface area contributed by atoms with Gasteiger partial charge in [-0.3, -0.25) is 9.69 Å². The molecule has 3 nitrogen and oxygen atoms in total. The number of amides is 1. The number of para-hydroxylation sites is 1. The highest BCUT2D eigenvalue weighted by Crippen LogP contribution is 2.22. The van der Waals surface area contributed by atoms with Gasteiger partial charge in [0, 0.05) is 17.6 Å². The van der Waals surface area contributed by atoms with Gasteiger partial charge in [-0.1, -0.05) is 26.0 Å². The number of nitrogens with zero attached hydrogens (tertiary/aromatic N) is 1. The molecule has 0 radical (unpaired) electrons. The molecule has 0 spiro atoms. The molecule has 1 aliphatic heterocycles. The summed E-state index contributed by atoms with van der Waals surface area (Å²) in [5.74, 6) is 1.42. The van der Waals surface area contributed by atoms with Crippen molar-refractivity contribution in [2.45, 2.75) is 20.3 Å². The molecule has 2 rings (SSSR count). The number of hydrogen-bond acceptors (Lipinski definition) is 2. The average Bonchev–Trinajstić information content (AvgIpc) is 2.30. The van der Waals surface area contributed by atoms with Crippen molar-refractivity contribution in [1.29, 1.82) is 0 Å². The summed E-state index contributed by atoms with van der Waals surface area (Å²) in [6.07, 6.45) is 1.27. The number of halogens is 1. The van der Waals surface area contributed by atoms with Gasteiger partial charge in [-0.15, -0.1) is 0 Å². The molecule has 0 bridgehead atoms. The maximum Gasteiger partial charge on any atom is 0.238 e. The highest BCUT2D eigenvalue weighted by molar-refractivity contribution is 9.10. The van der Waals surface area contributed by atoms with E-state index in [1.807, 2.05) is 24.3 Å². The van der Waals surface area contributed by atoms with Crippen LogP contribution in [-0.2, 0) is 4.79 Å². The van der Waals surface area contributed by atoms with Crippen LogP contribution in [0.25, 0.3) is 0 Å². The Balaban J connectivity index is 1.89. The number of rotatable bonds is 3. The van der Waals surface area contributed by atoms with Gasteiger partial charge >= 0.3 is 0 Å². The van der Waals surface area contributed by atoms with Crippen LogP contribution in [0.15, 0.2) is 28.7 Å². The van der Waals surface area contributed by atoms with E-state index in [2.05, 4.69) is 40.0 Å². The van der Waals surface area contributed by atoms with E-state index in [-0.39, 0.29) is 5.91 Å². The Hall–Kier alpha value is -0.870. The quantitative estimate of drug-likeness (QED) is 0.924. The minimum absolute atomic E-state index is 0.0631. The van der Waals surface area contributed by atoms with Crippen LogP contribution in [0.5, 0.6) is 0 Å². The first kappa shape index (κ1) is 14.5. The van der Waals surface area contributed by atoms with Crippen LogP contribution in [0, 0.1) is 11.8 Å². The van der Waals surface area contributed by atoms with Crippen molar-refractivity contribution < 1.29 is 4.79 Å². The first-order valence-corrected chi connectivity index (χ1v) is 7.60. The Morgan fingerprint density at radius 3 is 2.58 bits per heavy atom. The summed E-state index contributed by atoms with van der Waals surface area (Å²) < 4.78 is 0.920. The van der Waals surface area contributed by atoms with Crippen LogP contribution in [0.3, 0.4) is 0 Å². The minimum Gasteiger partial charge on any atom is -0.324 e. The van der Waals surface area contributed by atoms with Gasteiger partial charge < -0.3 is 5.32 Å². The summed E-state index contributed by atoms with van der Waals surface area (Å²) >= 11 is 3.44. The second-order valence-corrected chi connectivity index (χ2v) is 6.52. The third kappa shape index (κ3) is 4.32. The molecular weight excluding hydrogens is 304 g/mol. The predicted molar refractivity (Wildman–Crippen MR) is 82.2 cm³/mol. The lowest BCUT2D eigenvalue weighted by molar-refractivity contribution is -0.117. The number of hydrogen-bond donors (Lipinski definition) is 1. The number of piperidine rings is 1. The monoisotopic (exact) mass is 324 g/mol. The Bertz CT molecular complexity index is 440. The van der Waals surface area contributed by atoms with E-state index in [9.17, 15) is 4.79 Å². The summed E-state index contributed by atoms with van der Waals surface area (Å²) in [6.45, 7) is 7.04. The number of nitrogens with one attached hydrogen (secondary N) is 1. The highest BCUT2D eigenvalue weighted by atomic mass is 79.9. The first-order valence-electron chi connectivity index (χ1n) is 6.81. The average molecular weight is 325 g/mol. The molecule has 0 aliphatic carbocycles. The molecule has 19 heavy (non-hydrogen) atoms. The molecule has 1 saturated heterocycles. The van der Waals surface area contributed by atoms with E-state index in [1.165, 1.54) is 6.42 Å². The molecule has 0 saturated carbocycles. The second kappa shape index (κ2) is 6.53. The summed E-state index contributed by atoms with van der Waals surface area (Å²) in [5.41, 5.74) is 0.839. The Morgan fingerprint density at radius 2 is 1.95 bits per heavy atom. The molecule has 1 aromatic rings. The molecular formula is C15H21BrN2O. The van der Waals surface area contributed by atoms with Crippen molar-refractivity contribution in [1.82, 2.24) is 4.90 Å². The normalized spacial score (nSPS) is 24.2. The Labute approximate surface area is 123 Å². The first-order chi connectivity index (χ1) is 9.04. The molecule has 1 heterocycles. The summed E-state index contributed by atoms with van der Waals surface area (Å²) in [6, 6.07) is 7.70. The number of benzene rings is 1. The third-order valence-corrected chi connectivity index (χ3v) is 4.15. The predicted octanol–water partition coefficient (Wildman–Crippen LogP) is 3.37. The zero-order valence-corrected chi connectivity index (χ0v) is 13.1. The summed E-state index contributed by atoms with van der Waals surface area (Å²) in [7, 11) is 0. The van der Waals surface area contributed by atoms with Gasteiger partial charge in [-0.25, -0.2) is 0 Å². The SMILES string of the molecule is CC1CC(C)CN(CC(=O)Nc2ccccc2Br)C1. The lowest BCUT2D eigenvalue weighted by Gasteiger charge is -2.34. The fourth-order valence-electron chi connectivity index (χ4n) is 2.88. The maximum absolute atomic E-state index is 12.1. The fourth-order valence-corrected chi connectivity index (χ4v) is 3.26. The van der Waals surface area contributed by atoms with E-state index < -0.39 is 0 Å². The smallest absolute Gasteiger partial charge is 0.238 e. The van der Waals surface area contributed by atoms with Crippen LogP contribution in [-0.4, -0.2) is 30.4 Å². The Morgan fingerprint density at radius 1 is 1.32 bits per heavy atom. The van der Waals surface area contributed by atoms with Gasteiger partial charge in [0.2, 0.25) is 5.91 Å². The van der Waals surface area contributed by atoms with E-state index in [4.69, 9.17) is 0 Å². The Kier molecular flexibility index (Phi) is 4.99. The largest absolute Gasteiger partial charge is 0.324 e. The van der Waals surface area contributed by atoms with E-state index in [1.54, 1.807) is 0 Å². The van der Waals surface area contributed by atoms with Crippen molar-refractivity contribution in [2.24, 2.45) is 11.8 Å². The van der Waals surface area contributed by atoms with Gasteiger partial charge in [-0.05, 0) is 46.3 Å². The number of anilines is 1. The van der Waals surface area contributed by atoms with Crippen LogP contribution >= 0.6 is 15.9 Å². The van der Waals surface area contributed by atoms with Gasteiger partial charge in [0.05, 0.1) is 12.2 Å². The van der Waals surface area contributed by atoms with Gasteiger partial charge in [-0.2, -0.15) is 0 Å². The van der Waals surface area contributed by atoms with Crippen molar-refractivity contribution in [2.75, 3.05) is 25.0 Å². The van der Waals surface area contributed by atoms with Crippen LogP contribution < -0.4 is 5.32 Å². The summed E-state index contributed by atoms with van der Waals surface area (Å²) in [5, 5.41) is 2.96. The lowest BCUT2D eigenvalue weighted by Crippen LogP contribution is -2.42. The van der Waals surface area contributed by atoms with Crippen molar-refractivity contribution >= 4 is 27.5 Å². The molecule has 2 atom stereocenters. The minimum atomic E-state index is 0.0631. The van der Waals surface area contributed by atoms with Crippen LogP contribution in [0.1, 0.15) is 20.3 Å². The molecule has 104 valence electrons. The molecule has 1 aliphatic rings. The van der Waals surface area contributed by atoms with Crippen LogP contribution in [0.2, 0.25) is 0 Å². The molecule has 2 unspecified atom stereocenters. The fraction of sp³-hybridized carbons (Fsp3) is 0.533.